The summed E-state index contributed by atoms with van der Waals surface area (Å²) in [6.07, 6.45) is 0. The normalized spacial score (nSPS) is 10.8. The average Bonchev–Trinajstić information content (AvgIpc) is 2.64. The summed E-state index contributed by atoms with van der Waals surface area (Å²) in [5.74, 6) is 1.47. The molecule has 122 valence electrons. The summed E-state index contributed by atoms with van der Waals surface area (Å²) in [6, 6.07) is 23.7. The van der Waals surface area contributed by atoms with Gasteiger partial charge in [0.2, 0.25) is 0 Å². The molecular weight excluding hydrogens is 330 g/mol. The van der Waals surface area contributed by atoms with Gasteiger partial charge in [0, 0.05) is 21.7 Å². The van der Waals surface area contributed by atoms with Crippen LogP contribution in [-0.2, 0) is 0 Å². The van der Waals surface area contributed by atoms with Gasteiger partial charge in [0.25, 0.3) is 0 Å². The molecule has 0 fully saturated rings. The first kappa shape index (κ1) is 15.6. The van der Waals surface area contributed by atoms with E-state index < -0.39 is 0 Å². The lowest BCUT2D eigenvalue weighted by atomic mass is 10.1. The quantitative estimate of drug-likeness (QED) is 0.494. The fourth-order valence-electron chi connectivity index (χ4n) is 2.74. The molecule has 0 bridgehead atoms. The van der Waals surface area contributed by atoms with E-state index in [2.05, 4.69) is 18.3 Å². The third-order valence-corrected chi connectivity index (χ3v) is 4.36. The van der Waals surface area contributed by atoms with Crippen LogP contribution in [0.25, 0.3) is 22.3 Å². The highest BCUT2D eigenvalue weighted by molar-refractivity contribution is 6.30. The topological polar surface area (TPSA) is 37.8 Å². The number of anilines is 2. The second-order valence-corrected chi connectivity index (χ2v) is 6.30. The van der Waals surface area contributed by atoms with Crippen LogP contribution in [0.5, 0.6) is 0 Å². The Labute approximate surface area is 151 Å². The summed E-state index contributed by atoms with van der Waals surface area (Å²) in [4.78, 5) is 9.48. The molecule has 1 N–H and O–H groups in total. The van der Waals surface area contributed by atoms with Crippen LogP contribution in [0.2, 0.25) is 5.02 Å². The van der Waals surface area contributed by atoms with E-state index in [4.69, 9.17) is 21.6 Å². The number of fused-ring (bicyclic) bond motifs is 1. The summed E-state index contributed by atoms with van der Waals surface area (Å²) in [5, 5.41) is 5.15. The SMILES string of the molecule is Cc1ccccc1Nc1nc(-c2ccc(Cl)cc2)nc2ccccc12. The Morgan fingerprint density at radius 1 is 0.800 bits per heavy atom. The Balaban J connectivity index is 1.87. The van der Waals surface area contributed by atoms with Crippen LogP contribution in [0.1, 0.15) is 5.56 Å². The van der Waals surface area contributed by atoms with Crippen LogP contribution in [0.15, 0.2) is 72.8 Å². The molecule has 0 aliphatic carbocycles. The second-order valence-electron chi connectivity index (χ2n) is 5.86. The van der Waals surface area contributed by atoms with Gasteiger partial charge < -0.3 is 5.32 Å². The minimum absolute atomic E-state index is 0.673. The van der Waals surface area contributed by atoms with Crippen molar-refractivity contribution in [1.29, 1.82) is 0 Å². The highest BCUT2D eigenvalue weighted by Gasteiger charge is 2.10. The van der Waals surface area contributed by atoms with Gasteiger partial charge >= 0.3 is 0 Å². The minimum atomic E-state index is 0.673. The summed E-state index contributed by atoms with van der Waals surface area (Å²) in [5.41, 5.74) is 4.04. The predicted octanol–water partition coefficient (Wildman–Crippen LogP) is 6.00. The van der Waals surface area contributed by atoms with Crippen LogP contribution in [0, 0.1) is 6.92 Å². The zero-order valence-electron chi connectivity index (χ0n) is 13.7. The molecule has 4 aromatic rings. The van der Waals surface area contributed by atoms with E-state index in [1.807, 2.05) is 66.7 Å². The van der Waals surface area contributed by atoms with Gasteiger partial charge in [-0.05, 0) is 55.0 Å². The van der Waals surface area contributed by atoms with E-state index in [0.29, 0.717) is 10.8 Å². The Kier molecular flexibility index (Phi) is 4.08. The summed E-state index contributed by atoms with van der Waals surface area (Å²) in [6.45, 7) is 2.08. The number of hydrogen-bond donors (Lipinski definition) is 1. The molecule has 25 heavy (non-hydrogen) atoms. The van der Waals surface area contributed by atoms with Gasteiger partial charge in [-0.15, -0.1) is 0 Å². The number of nitrogens with zero attached hydrogens (tertiary/aromatic N) is 2. The maximum atomic E-state index is 6.00. The maximum absolute atomic E-state index is 6.00. The first-order chi connectivity index (χ1) is 12.2. The molecule has 4 rings (SSSR count). The van der Waals surface area contributed by atoms with Gasteiger partial charge in [-0.1, -0.05) is 41.9 Å². The Hall–Kier alpha value is -2.91. The molecule has 4 heteroatoms. The van der Waals surface area contributed by atoms with Crippen molar-refractivity contribution in [1.82, 2.24) is 9.97 Å². The van der Waals surface area contributed by atoms with Crippen LogP contribution in [-0.4, -0.2) is 9.97 Å². The summed E-state index contributed by atoms with van der Waals surface area (Å²) < 4.78 is 0. The molecule has 0 amide bonds. The van der Waals surface area contributed by atoms with E-state index in [0.717, 1.165) is 28.0 Å². The third-order valence-electron chi connectivity index (χ3n) is 4.10. The molecule has 0 saturated heterocycles. The van der Waals surface area contributed by atoms with E-state index in [9.17, 15) is 0 Å². The van der Waals surface area contributed by atoms with E-state index >= 15 is 0 Å². The van der Waals surface area contributed by atoms with Crippen LogP contribution < -0.4 is 5.32 Å². The molecule has 0 aliphatic heterocycles. The molecule has 0 atom stereocenters. The Bertz CT molecular complexity index is 1040. The monoisotopic (exact) mass is 345 g/mol. The highest BCUT2D eigenvalue weighted by Crippen LogP contribution is 2.28. The van der Waals surface area contributed by atoms with E-state index in [1.165, 1.54) is 5.56 Å². The van der Waals surface area contributed by atoms with Crippen molar-refractivity contribution in [3.63, 3.8) is 0 Å². The van der Waals surface area contributed by atoms with Gasteiger partial charge in [0.05, 0.1) is 5.52 Å². The molecule has 0 saturated carbocycles. The zero-order valence-corrected chi connectivity index (χ0v) is 14.5. The summed E-state index contributed by atoms with van der Waals surface area (Å²) in [7, 11) is 0. The number of para-hydroxylation sites is 2. The second kappa shape index (κ2) is 6.54. The van der Waals surface area contributed by atoms with Crippen molar-refractivity contribution in [3.8, 4) is 11.4 Å². The fraction of sp³-hybridized carbons (Fsp3) is 0.0476. The first-order valence-electron chi connectivity index (χ1n) is 8.06. The molecule has 0 radical (unpaired) electrons. The van der Waals surface area contributed by atoms with Crippen LogP contribution in [0.4, 0.5) is 11.5 Å². The van der Waals surface area contributed by atoms with Crippen molar-refractivity contribution in [3.05, 3.63) is 83.4 Å². The molecule has 0 unspecified atom stereocenters. The number of halogens is 1. The predicted molar refractivity (Wildman–Crippen MR) is 104 cm³/mol. The highest BCUT2D eigenvalue weighted by atomic mass is 35.5. The van der Waals surface area contributed by atoms with Gasteiger partial charge in [0.1, 0.15) is 5.82 Å². The third kappa shape index (κ3) is 3.19. The van der Waals surface area contributed by atoms with E-state index in [1.54, 1.807) is 0 Å². The van der Waals surface area contributed by atoms with Crippen molar-refractivity contribution >= 4 is 34.0 Å². The van der Waals surface area contributed by atoms with Crippen molar-refractivity contribution < 1.29 is 0 Å². The largest absolute Gasteiger partial charge is 0.339 e. The maximum Gasteiger partial charge on any atom is 0.162 e. The molecule has 0 spiro atoms. The van der Waals surface area contributed by atoms with Gasteiger partial charge in [-0.3, -0.25) is 0 Å². The standard InChI is InChI=1S/C21H16ClN3/c1-14-6-2-4-8-18(14)23-21-17-7-3-5-9-19(17)24-20(25-21)15-10-12-16(22)13-11-15/h2-13H,1H3,(H,23,24,25). The van der Waals surface area contributed by atoms with Crippen molar-refractivity contribution in [2.24, 2.45) is 0 Å². The zero-order chi connectivity index (χ0) is 17.2. The number of aryl methyl sites for hydroxylation is 1. The van der Waals surface area contributed by atoms with Gasteiger partial charge in [-0.2, -0.15) is 0 Å². The fourth-order valence-corrected chi connectivity index (χ4v) is 2.87. The number of nitrogens with one attached hydrogen (secondary N) is 1. The molecule has 1 aromatic heterocycles. The molecule has 1 heterocycles. The van der Waals surface area contributed by atoms with Crippen molar-refractivity contribution in [2.45, 2.75) is 6.92 Å². The number of benzene rings is 3. The Morgan fingerprint density at radius 3 is 2.32 bits per heavy atom. The molecule has 3 nitrogen and oxygen atoms in total. The lowest BCUT2D eigenvalue weighted by Gasteiger charge is -2.12. The first-order valence-corrected chi connectivity index (χ1v) is 8.44. The number of hydrogen-bond acceptors (Lipinski definition) is 3. The molecular formula is C21H16ClN3. The van der Waals surface area contributed by atoms with Crippen LogP contribution in [0.3, 0.4) is 0 Å². The molecule has 0 aliphatic rings. The lowest BCUT2D eigenvalue weighted by Crippen LogP contribution is -2.00. The summed E-state index contributed by atoms with van der Waals surface area (Å²) >= 11 is 6.00. The lowest BCUT2D eigenvalue weighted by molar-refractivity contribution is 1.22. The Morgan fingerprint density at radius 2 is 1.52 bits per heavy atom. The molecule has 3 aromatic carbocycles. The average molecular weight is 346 g/mol. The number of aromatic nitrogens is 2. The van der Waals surface area contributed by atoms with Gasteiger partial charge in [-0.25, -0.2) is 9.97 Å². The minimum Gasteiger partial charge on any atom is -0.339 e. The van der Waals surface area contributed by atoms with Gasteiger partial charge in [0.15, 0.2) is 5.82 Å². The van der Waals surface area contributed by atoms with E-state index in [-0.39, 0.29) is 0 Å². The van der Waals surface area contributed by atoms with Crippen molar-refractivity contribution in [2.75, 3.05) is 5.32 Å². The van der Waals surface area contributed by atoms with Crippen LogP contribution >= 0.6 is 11.6 Å². The smallest absolute Gasteiger partial charge is 0.162 e. The number of rotatable bonds is 3.